The van der Waals surface area contributed by atoms with E-state index < -0.39 is 0 Å². The highest BCUT2D eigenvalue weighted by Gasteiger charge is 2.19. The van der Waals surface area contributed by atoms with Crippen LogP contribution in [-0.2, 0) is 13.1 Å². The minimum atomic E-state index is 0.635. The number of nitrogens with one attached hydrogen (secondary N) is 1. The first-order valence-corrected chi connectivity index (χ1v) is 7.55. The maximum Gasteiger partial charge on any atom is 0.0522 e. The average Bonchev–Trinajstić information content (AvgIpc) is 2.85. The number of aromatic nitrogens is 2. The number of hydrogen-bond donors (Lipinski definition) is 1. The van der Waals surface area contributed by atoms with E-state index in [2.05, 4.69) is 35.0 Å². The molecule has 0 aromatic carbocycles. The highest BCUT2D eigenvalue weighted by molar-refractivity contribution is 5.00. The predicted octanol–water partition coefficient (Wildman–Crippen LogP) is 3.35. The Hall–Kier alpha value is -0.830. The van der Waals surface area contributed by atoms with Crippen molar-refractivity contribution >= 4 is 0 Å². The van der Waals surface area contributed by atoms with Crippen LogP contribution >= 0.6 is 0 Å². The third kappa shape index (κ3) is 3.58. The van der Waals surface area contributed by atoms with Crippen molar-refractivity contribution in [3.8, 4) is 0 Å². The van der Waals surface area contributed by atoms with Crippen molar-refractivity contribution in [2.75, 3.05) is 0 Å². The van der Waals surface area contributed by atoms with Gasteiger partial charge in [-0.3, -0.25) is 4.68 Å². The summed E-state index contributed by atoms with van der Waals surface area (Å²) >= 11 is 0. The summed E-state index contributed by atoms with van der Waals surface area (Å²) in [6.45, 7) is 6.53. The highest BCUT2D eigenvalue weighted by Crippen LogP contribution is 2.26. The lowest BCUT2D eigenvalue weighted by molar-refractivity contribution is 0.279. The van der Waals surface area contributed by atoms with Crippen LogP contribution in [0.15, 0.2) is 12.3 Å². The minimum Gasteiger partial charge on any atom is -0.308 e. The third-order valence-corrected chi connectivity index (χ3v) is 4.20. The van der Waals surface area contributed by atoms with Gasteiger partial charge in [0.2, 0.25) is 0 Å². The van der Waals surface area contributed by atoms with Crippen LogP contribution in [0, 0.1) is 5.92 Å². The molecule has 1 aromatic rings. The fraction of sp³-hybridized carbons (Fsp3) is 0.800. The summed E-state index contributed by atoms with van der Waals surface area (Å²) in [5, 5.41) is 8.07. The average molecular weight is 249 g/mol. The van der Waals surface area contributed by atoms with E-state index in [1.54, 1.807) is 0 Å². The Morgan fingerprint density at radius 3 is 2.89 bits per heavy atom. The molecule has 1 heterocycles. The molecule has 0 bridgehead atoms. The Morgan fingerprint density at radius 1 is 1.39 bits per heavy atom. The van der Waals surface area contributed by atoms with Crippen LogP contribution in [0.2, 0.25) is 0 Å². The highest BCUT2D eigenvalue weighted by atomic mass is 15.3. The summed E-state index contributed by atoms with van der Waals surface area (Å²) in [5.74, 6) is 0.876. The van der Waals surface area contributed by atoms with Crippen LogP contribution in [-0.4, -0.2) is 15.8 Å². The molecule has 0 radical (unpaired) electrons. The molecule has 1 N–H and O–H groups in total. The molecular formula is C15H27N3. The molecule has 2 rings (SSSR count). The van der Waals surface area contributed by atoms with Crippen molar-refractivity contribution in [1.29, 1.82) is 0 Å². The van der Waals surface area contributed by atoms with Crippen molar-refractivity contribution in [2.24, 2.45) is 5.92 Å². The minimum absolute atomic E-state index is 0.635. The molecule has 0 saturated heterocycles. The first-order chi connectivity index (χ1) is 8.81. The summed E-state index contributed by atoms with van der Waals surface area (Å²) in [6, 6.07) is 2.77. The molecule has 0 unspecified atom stereocenters. The molecule has 102 valence electrons. The summed E-state index contributed by atoms with van der Waals surface area (Å²) in [6.07, 6.45) is 10.1. The summed E-state index contributed by atoms with van der Waals surface area (Å²) in [7, 11) is 0. The molecule has 0 spiro atoms. The number of hydrogen-bond acceptors (Lipinski definition) is 2. The number of nitrogens with zero attached hydrogens (tertiary/aromatic N) is 2. The second kappa shape index (κ2) is 6.93. The molecule has 1 aromatic heterocycles. The Bertz CT molecular complexity index is 339. The van der Waals surface area contributed by atoms with Crippen LogP contribution < -0.4 is 5.32 Å². The van der Waals surface area contributed by atoms with Crippen molar-refractivity contribution in [3.63, 3.8) is 0 Å². The van der Waals surface area contributed by atoms with Gasteiger partial charge in [-0.15, -0.1) is 0 Å². The SMILES string of the molecule is CCCn1nccc1CN[C@H](C)C1CCCCC1. The van der Waals surface area contributed by atoms with E-state index >= 15 is 0 Å². The van der Waals surface area contributed by atoms with Crippen LogP contribution in [0.5, 0.6) is 0 Å². The molecular weight excluding hydrogens is 222 g/mol. The van der Waals surface area contributed by atoms with Gasteiger partial charge < -0.3 is 5.32 Å². The molecule has 3 heteroatoms. The van der Waals surface area contributed by atoms with E-state index in [0.29, 0.717) is 6.04 Å². The summed E-state index contributed by atoms with van der Waals surface area (Å²) < 4.78 is 2.13. The molecule has 18 heavy (non-hydrogen) atoms. The van der Waals surface area contributed by atoms with Crippen molar-refractivity contribution in [2.45, 2.75) is 71.5 Å². The van der Waals surface area contributed by atoms with Gasteiger partial charge in [0.15, 0.2) is 0 Å². The van der Waals surface area contributed by atoms with Gasteiger partial charge in [-0.1, -0.05) is 26.2 Å². The van der Waals surface area contributed by atoms with E-state index in [1.165, 1.54) is 37.8 Å². The lowest BCUT2D eigenvalue weighted by atomic mass is 9.84. The van der Waals surface area contributed by atoms with E-state index in [1.807, 2.05) is 6.20 Å². The standard InChI is InChI=1S/C15H27N3/c1-3-11-18-15(9-10-17-18)12-16-13(2)14-7-5-4-6-8-14/h9-10,13-14,16H,3-8,11-12H2,1-2H3/t13-/m1/s1. The van der Waals surface area contributed by atoms with Crippen LogP contribution in [0.3, 0.4) is 0 Å². The fourth-order valence-electron chi connectivity index (χ4n) is 2.99. The molecule has 0 aliphatic heterocycles. The lowest BCUT2D eigenvalue weighted by Crippen LogP contribution is -2.34. The fourth-order valence-corrected chi connectivity index (χ4v) is 2.99. The summed E-state index contributed by atoms with van der Waals surface area (Å²) in [5.41, 5.74) is 1.32. The van der Waals surface area contributed by atoms with Gasteiger partial charge in [0.1, 0.15) is 0 Å². The number of rotatable bonds is 6. The van der Waals surface area contributed by atoms with Gasteiger partial charge in [-0.25, -0.2) is 0 Å². The van der Waals surface area contributed by atoms with Crippen molar-refractivity contribution < 1.29 is 0 Å². The van der Waals surface area contributed by atoms with Gasteiger partial charge in [0.25, 0.3) is 0 Å². The molecule has 3 nitrogen and oxygen atoms in total. The normalized spacial score (nSPS) is 19.0. The van der Waals surface area contributed by atoms with Crippen LogP contribution in [0.25, 0.3) is 0 Å². The Kier molecular flexibility index (Phi) is 5.24. The molecule has 0 amide bonds. The molecule has 1 fully saturated rings. The first kappa shape index (κ1) is 13.6. The second-order valence-electron chi connectivity index (χ2n) is 5.61. The van der Waals surface area contributed by atoms with E-state index in [0.717, 1.165) is 25.4 Å². The van der Waals surface area contributed by atoms with Crippen LogP contribution in [0.4, 0.5) is 0 Å². The maximum absolute atomic E-state index is 4.37. The Morgan fingerprint density at radius 2 is 2.17 bits per heavy atom. The van der Waals surface area contributed by atoms with Gasteiger partial charge >= 0.3 is 0 Å². The van der Waals surface area contributed by atoms with Gasteiger partial charge in [-0.05, 0) is 38.2 Å². The predicted molar refractivity (Wildman–Crippen MR) is 75.4 cm³/mol. The Balaban J connectivity index is 1.80. The zero-order valence-corrected chi connectivity index (χ0v) is 11.9. The van der Waals surface area contributed by atoms with Gasteiger partial charge in [0.05, 0.1) is 5.69 Å². The zero-order chi connectivity index (χ0) is 12.8. The molecule has 1 aliphatic rings. The smallest absolute Gasteiger partial charge is 0.0522 e. The Labute approximate surface area is 111 Å². The first-order valence-electron chi connectivity index (χ1n) is 7.55. The second-order valence-corrected chi connectivity index (χ2v) is 5.61. The maximum atomic E-state index is 4.37. The van der Waals surface area contributed by atoms with Crippen LogP contribution in [0.1, 0.15) is 58.1 Å². The summed E-state index contributed by atoms with van der Waals surface area (Å²) in [4.78, 5) is 0. The van der Waals surface area contributed by atoms with E-state index in [-0.39, 0.29) is 0 Å². The van der Waals surface area contributed by atoms with Gasteiger partial charge in [-0.2, -0.15) is 5.10 Å². The van der Waals surface area contributed by atoms with Crippen molar-refractivity contribution in [3.05, 3.63) is 18.0 Å². The lowest BCUT2D eigenvalue weighted by Gasteiger charge is -2.28. The quantitative estimate of drug-likeness (QED) is 0.838. The molecule has 1 saturated carbocycles. The largest absolute Gasteiger partial charge is 0.308 e. The van der Waals surface area contributed by atoms with Gasteiger partial charge in [0, 0.05) is 25.3 Å². The third-order valence-electron chi connectivity index (χ3n) is 4.20. The van der Waals surface area contributed by atoms with E-state index in [4.69, 9.17) is 0 Å². The van der Waals surface area contributed by atoms with E-state index in [9.17, 15) is 0 Å². The topological polar surface area (TPSA) is 29.9 Å². The van der Waals surface area contributed by atoms with Crippen molar-refractivity contribution in [1.82, 2.24) is 15.1 Å². The molecule has 1 atom stereocenters. The molecule has 1 aliphatic carbocycles. The monoisotopic (exact) mass is 249 g/mol. The zero-order valence-electron chi connectivity index (χ0n) is 11.9. The number of aryl methyl sites for hydroxylation is 1.